The highest BCUT2D eigenvalue weighted by Gasteiger charge is 2.08. The zero-order valence-electron chi connectivity index (χ0n) is 16.1. The molecule has 1 N–H and O–H groups in total. The van der Waals surface area contributed by atoms with Gasteiger partial charge in [0.1, 0.15) is 5.82 Å². The van der Waals surface area contributed by atoms with E-state index in [0.717, 1.165) is 17.5 Å². The molecule has 0 atom stereocenters. The van der Waals surface area contributed by atoms with Gasteiger partial charge in [0.2, 0.25) is 5.91 Å². The molecule has 1 amide bonds. The van der Waals surface area contributed by atoms with E-state index in [-0.39, 0.29) is 11.7 Å². The summed E-state index contributed by atoms with van der Waals surface area (Å²) >= 11 is 1.31. The number of nitrogens with zero attached hydrogens (tertiary/aromatic N) is 1. The van der Waals surface area contributed by atoms with Crippen LogP contribution in [-0.2, 0) is 4.79 Å². The Kier molecular flexibility index (Phi) is 6.97. The molecule has 0 aliphatic heterocycles. The molecule has 0 fully saturated rings. The lowest BCUT2D eigenvalue weighted by Gasteiger charge is -2.10. The first-order valence-electron chi connectivity index (χ1n) is 9.10. The number of halogens is 1. The molecule has 1 aromatic heterocycles. The van der Waals surface area contributed by atoms with Crippen molar-refractivity contribution in [3.63, 3.8) is 0 Å². The van der Waals surface area contributed by atoms with Gasteiger partial charge in [0.25, 0.3) is 0 Å². The number of thiazole rings is 1. The summed E-state index contributed by atoms with van der Waals surface area (Å²) in [5.41, 5.74) is 2.28. The predicted octanol–water partition coefficient (Wildman–Crippen LogP) is 5.40. The van der Waals surface area contributed by atoms with Gasteiger partial charge >= 0.3 is 0 Å². The molecule has 3 rings (SSSR count). The lowest BCUT2D eigenvalue weighted by Crippen LogP contribution is -2.07. The summed E-state index contributed by atoms with van der Waals surface area (Å²) in [6, 6.07) is 11.5. The van der Waals surface area contributed by atoms with E-state index in [2.05, 4.69) is 10.3 Å². The molecule has 5 nitrogen and oxygen atoms in total. The number of carbonyl (C=O) groups excluding carboxylic acids is 1. The summed E-state index contributed by atoms with van der Waals surface area (Å²) in [5, 5.41) is 5.02. The summed E-state index contributed by atoms with van der Waals surface area (Å²) in [5.74, 6) is 0.691. The van der Waals surface area contributed by atoms with Crippen LogP contribution in [0.25, 0.3) is 17.3 Å². The van der Waals surface area contributed by atoms with Crippen LogP contribution < -0.4 is 14.8 Å². The average molecular weight is 412 g/mol. The van der Waals surface area contributed by atoms with Gasteiger partial charge in [-0.05, 0) is 54.5 Å². The molecule has 0 spiro atoms. The second-order valence-electron chi connectivity index (χ2n) is 6.13. The number of hydrogen-bond donors (Lipinski definition) is 1. The van der Waals surface area contributed by atoms with Gasteiger partial charge < -0.3 is 9.47 Å². The highest BCUT2D eigenvalue weighted by atomic mass is 32.1. The quantitative estimate of drug-likeness (QED) is 0.503. The first-order valence-corrected chi connectivity index (χ1v) is 9.98. The number of ether oxygens (including phenoxy) is 2. The van der Waals surface area contributed by atoms with Crippen molar-refractivity contribution in [2.24, 2.45) is 0 Å². The Morgan fingerprint density at radius 1 is 1.21 bits per heavy atom. The molecule has 0 aliphatic carbocycles. The van der Waals surface area contributed by atoms with Gasteiger partial charge in [-0.2, -0.15) is 0 Å². The number of anilines is 1. The van der Waals surface area contributed by atoms with Gasteiger partial charge in [0.05, 0.1) is 19.4 Å². The fourth-order valence-electron chi connectivity index (χ4n) is 2.52. The van der Waals surface area contributed by atoms with Crippen LogP contribution in [0.4, 0.5) is 9.52 Å². The van der Waals surface area contributed by atoms with Crippen LogP contribution in [0.1, 0.15) is 18.9 Å². The molecule has 2 aromatic carbocycles. The maximum Gasteiger partial charge on any atom is 0.250 e. The Hall–Kier alpha value is -3.19. The molecular formula is C22H21FN2O3S. The van der Waals surface area contributed by atoms with Crippen LogP contribution in [-0.4, -0.2) is 24.6 Å². The van der Waals surface area contributed by atoms with E-state index < -0.39 is 0 Å². The lowest BCUT2D eigenvalue weighted by molar-refractivity contribution is -0.111. The third-order valence-electron chi connectivity index (χ3n) is 3.95. The minimum absolute atomic E-state index is 0.296. The van der Waals surface area contributed by atoms with Crippen LogP contribution in [0.3, 0.4) is 0 Å². The van der Waals surface area contributed by atoms with Crippen LogP contribution in [0.5, 0.6) is 11.5 Å². The van der Waals surface area contributed by atoms with Gasteiger partial charge in [-0.25, -0.2) is 9.37 Å². The van der Waals surface area contributed by atoms with E-state index in [9.17, 15) is 9.18 Å². The fraction of sp³-hybridized carbons (Fsp3) is 0.182. The van der Waals surface area contributed by atoms with Crippen molar-refractivity contribution in [1.82, 2.24) is 4.98 Å². The standard InChI is InChI=1S/C22H21FN2O3S/c1-3-12-28-19-10-4-15(13-20(19)27-2)5-11-21(26)25-22-24-18(14-29-22)16-6-8-17(23)9-7-16/h4-11,13-14H,3,12H2,1-2H3,(H,24,25,26)/b11-5+. The molecule has 0 saturated carbocycles. The number of methoxy groups -OCH3 is 1. The number of rotatable bonds is 8. The minimum atomic E-state index is -0.302. The van der Waals surface area contributed by atoms with Gasteiger partial charge in [0, 0.05) is 17.0 Å². The monoisotopic (exact) mass is 412 g/mol. The Morgan fingerprint density at radius 3 is 2.72 bits per heavy atom. The first kappa shape index (κ1) is 20.5. The van der Waals surface area contributed by atoms with Crippen molar-refractivity contribution in [2.45, 2.75) is 13.3 Å². The van der Waals surface area contributed by atoms with Crippen molar-refractivity contribution < 1.29 is 18.7 Å². The largest absolute Gasteiger partial charge is 0.493 e. The predicted molar refractivity (Wildman–Crippen MR) is 114 cm³/mol. The van der Waals surface area contributed by atoms with Crippen molar-refractivity contribution in [3.8, 4) is 22.8 Å². The molecule has 3 aromatic rings. The molecule has 0 radical (unpaired) electrons. The molecule has 7 heteroatoms. The van der Waals surface area contributed by atoms with E-state index in [0.29, 0.717) is 28.9 Å². The van der Waals surface area contributed by atoms with Gasteiger partial charge in [-0.1, -0.05) is 13.0 Å². The van der Waals surface area contributed by atoms with Crippen LogP contribution in [0, 0.1) is 5.82 Å². The highest BCUT2D eigenvalue weighted by Crippen LogP contribution is 2.29. The Morgan fingerprint density at radius 2 is 2.00 bits per heavy atom. The molecular weight excluding hydrogens is 391 g/mol. The third-order valence-corrected chi connectivity index (χ3v) is 4.71. The smallest absolute Gasteiger partial charge is 0.250 e. The van der Waals surface area contributed by atoms with E-state index >= 15 is 0 Å². The molecule has 29 heavy (non-hydrogen) atoms. The van der Waals surface area contributed by atoms with Crippen LogP contribution in [0.2, 0.25) is 0 Å². The summed E-state index contributed by atoms with van der Waals surface area (Å²) < 4.78 is 24.0. The van der Waals surface area contributed by atoms with Crippen molar-refractivity contribution in [3.05, 3.63) is 65.3 Å². The maximum absolute atomic E-state index is 13.0. The molecule has 150 valence electrons. The Balaban J connectivity index is 1.63. The Labute approximate surface area is 172 Å². The third kappa shape index (κ3) is 5.65. The van der Waals surface area contributed by atoms with Crippen LogP contribution in [0.15, 0.2) is 53.9 Å². The fourth-order valence-corrected chi connectivity index (χ4v) is 3.25. The Bertz CT molecular complexity index is 1000. The van der Waals surface area contributed by atoms with Gasteiger partial charge in [-0.3, -0.25) is 10.1 Å². The second kappa shape index (κ2) is 9.84. The first-order chi connectivity index (χ1) is 14.1. The molecule has 0 aliphatic rings. The topological polar surface area (TPSA) is 60.5 Å². The second-order valence-corrected chi connectivity index (χ2v) is 6.98. The summed E-state index contributed by atoms with van der Waals surface area (Å²) in [6.07, 6.45) is 4.03. The maximum atomic E-state index is 13.0. The number of carbonyl (C=O) groups is 1. The molecule has 0 saturated heterocycles. The molecule has 0 bridgehead atoms. The number of nitrogens with one attached hydrogen (secondary N) is 1. The average Bonchev–Trinajstić information content (AvgIpc) is 3.19. The molecule has 1 heterocycles. The van der Waals surface area contributed by atoms with E-state index in [1.807, 2.05) is 30.5 Å². The van der Waals surface area contributed by atoms with Crippen LogP contribution >= 0.6 is 11.3 Å². The lowest BCUT2D eigenvalue weighted by atomic mass is 10.2. The SMILES string of the molecule is CCCOc1ccc(/C=C/C(=O)Nc2nc(-c3ccc(F)cc3)cs2)cc1OC. The van der Waals surface area contributed by atoms with Gasteiger partial charge in [-0.15, -0.1) is 11.3 Å². The highest BCUT2D eigenvalue weighted by molar-refractivity contribution is 7.14. The normalized spacial score (nSPS) is 10.9. The van der Waals surface area contributed by atoms with E-state index in [4.69, 9.17) is 9.47 Å². The van der Waals surface area contributed by atoms with E-state index in [1.54, 1.807) is 25.3 Å². The minimum Gasteiger partial charge on any atom is -0.493 e. The van der Waals surface area contributed by atoms with E-state index in [1.165, 1.54) is 29.5 Å². The van der Waals surface area contributed by atoms with Gasteiger partial charge in [0.15, 0.2) is 16.6 Å². The summed E-state index contributed by atoms with van der Waals surface area (Å²) in [4.78, 5) is 16.6. The zero-order valence-corrected chi connectivity index (χ0v) is 17.0. The zero-order chi connectivity index (χ0) is 20.6. The van der Waals surface area contributed by atoms with Crippen molar-refractivity contribution in [2.75, 3.05) is 19.0 Å². The van der Waals surface area contributed by atoms with Crippen molar-refractivity contribution in [1.29, 1.82) is 0 Å². The summed E-state index contributed by atoms with van der Waals surface area (Å²) in [7, 11) is 1.58. The number of aromatic nitrogens is 1. The number of benzene rings is 2. The van der Waals surface area contributed by atoms with Crippen molar-refractivity contribution >= 4 is 28.5 Å². The summed E-state index contributed by atoms with van der Waals surface area (Å²) in [6.45, 7) is 2.65. The molecule has 0 unspecified atom stereocenters. The number of amides is 1. The number of hydrogen-bond acceptors (Lipinski definition) is 5.